The topological polar surface area (TPSA) is 91.3 Å². The summed E-state index contributed by atoms with van der Waals surface area (Å²) in [4.78, 5) is 27.8. The lowest BCUT2D eigenvalue weighted by Gasteiger charge is -2.41. The molecule has 4 aliphatic rings. The largest absolute Gasteiger partial charge is 0.471 e. The number of halogens is 3. The van der Waals surface area contributed by atoms with E-state index in [4.69, 9.17) is 9.47 Å². The number of fused-ring (bicyclic) bond motifs is 2. The summed E-state index contributed by atoms with van der Waals surface area (Å²) < 4.78 is 52.1. The quantitative estimate of drug-likeness (QED) is 0.374. The Balaban J connectivity index is 1.13. The minimum Gasteiger partial charge on any atom is -0.392 e. The van der Waals surface area contributed by atoms with Gasteiger partial charge in [-0.05, 0) is 59.6 Å². The first-order valence-corrected chi connectivity index (χ1v) is 16.7. The summed E-state index contributed by atoms with van der Waals surface area (Å²) in [7, 11) is 0. The van der Waals surface area contributed by atoms with Crippen LogP contribution in [-0.2, 0) is 32.2 Å². The second kappa shape index (κ2) is 13.1. The van der Waals surface area contributed by atoms with E-state index in [2.05, 4.69) is 31.0 Å². The number of likely N-dealkylation sites (tertiary alicyclic amines) is 2. The molecule has 2 aromatic carbocycles. The molecule has 6 rings (SSSR count). The minimum atomic E-state index is -5.01. The number of hydrogen-bond donors (Lipinski definition) is 2. The van der Waals surface area contributed by atoms with E-state index in [0.717, 1.165) is 35.3 Å². The van der Waals surface area contributed by atoms with Crippen LogP contribution in [0.1, 0.15) is 93.9 Å². The summed E-state index contributed by atoms with van der Waals surface area (Å²) >= 11 is 0. The van der Waals surface area contributed by atoms with Crippen molar-refractivity contribution in [2.75, 3.05) is 19.6 Å². The van der Waals surface area contributed by atoms with E-state index < -0.39 is 30.3 Å². The Hall–Kier alpha value is -2.99. The molecule has 0 spiro atoms. The van der Waals surface area contributed by atoms with Crippen molar-refractivity contribution in [3.8, 4) is 0 Å². The minimum absolute atomic E-state index is 0.0248. The zero-order chi connectivity index (χ0) is 33.6. The van der Waals surface area contributed by atoms with Crippen molar-refractivity contribution >= 4 is 11.8 Å². The van der Waals surface area contributed by atoms with Crippen LogP contribution in [0.25, 0.3) is 0 Å². The molecule has 3 aliphatic heterocycles. The van der Waals surface area contributed by atoms with Crippen molar-refractivity contribution in [3.63, 3.8) is 0 Å². The van der Waals surface area contributed by atoms with E-state index in [1.54, 1.807) is 0 Å². The Morgan fingerprint density at radius 3 is 2.34 bits per heavy atom. The van der Waals surface area contributed by atoms with E-state index >= 15 is 0 Å². The monoisotopic (exact) mass is 657 g/mol. The number of alkyl halides is 3. The highest BCUT2D eigenvalue weighted by molar-refractivity contribution is 5.90. The third-order valence-corrected chi connectivity index (χ3v) is 10.4. The summed E-state index contributed by atoms with van der Waals surface area (Å²) in [6.45, 7) is 9.05. The second-order valence-corrected chi connectivity index (χ2v) is 15.1. The third-order valence-electron chi connectivity index (χ3n) is 10.4. The number of carbonyl (C=O) groups is 2. The molecule has 2 N–H and O–H groups in total. The summed E-state index contributed by atoms with van der Waals surface area (Å²) in [5.41, 5.74) is 4.08. The van der Waals surface area contributed by atoms with Gasteiger partial charge in [0.05, 0.1) is 18.8 Å². The molecule has 6 atom stereocenters. The van der Waals surface area contributed by atoms with E-state index in [1.165, 1.54) is 19.3 Å². The first kappa shape index (κ1) is 33.9. The van der Waals surface area contributed by atoms with Gasteiger partial charge in [-0.3, -0.25) is 14.5 Å². The first-order valence-electron chi connectivity index (χ1n) is 16.7. The molecule has 3 saturated heterocycles. The fourth-order valence-corrected chi connectivity index (χ4v) is 8.63. The summed E-state index contributed by atoms with van der Waals surface area (Å²) in [6, 6.07) is 14.7. The maximum Gasteiger partial charge on any atom is 0.471 e. The fraction of sp³-hybridized carbons (Fsp3) is 0.611. The van der Waals surface area contributed by atoms with Gasteiger partial charge in [0.2, 0.25) is 5.91 Å². The highest BCUT2D eigenvalue weighted by atomic mass is 19.4. The van der Waals surface area contributed by atoms with Crippen LogP contribution in [0.4, 0.5) is 13.2 Å². The molecule has 2 amide bonds. The normalized spacial score (nSPS) is 30.8. The molecular weight excluding hydrogens is 611 g/mol. The lowest BCUT2D eigenvalue weighted by atomic mass is 9.65. The highest BCUT2D eigenvalue weighted by Gasteiger charge is 2.50. The molecule has 8 nitrogen and oxygen atoms in total. The molecule has 256 valence electrons. The molecule has 1 saturated carbocycles. The van der Waals surface area contributed by atoms with Crippen molar-refractivity contribution in [1.82, 2.24) is 15.1 Å². The Morgan fingerprint density at radius 1 is 0.979 bits per heavy atom. The van der Waals surface area contributed by atoms with Crippen molar-refractivity contribution in [3.05, 3.63) is 70.8 Å². The molecule has 0 radical (unpaired) electrons. The Bertz CT molecular complexity index is 1430. The van der Waals surface area contributed by atoms with Gasteiger partial charge in [-0.25, -0.2) is 0 Å². The molecule has 1 aliphatic carbocycles. The number of aliphatic hydroxyl groups excluding tert-OH is 1. The summed E-state index contributed by atoms with van der Waals surface area (Å²) in [6.07, 6.45) is -1.02. The van der Waals surface area contributed by atoms with E-state index in [0.29, 0.717) is 34.6 Å². The van der Waals surface area contributed by atoms with Gasteiger partial charge in [-0.15, -0.1) is 0 Å². The van der Waals surface area contributed by atoms with Crippen LogP contribution in [0.3, 0.4) is 0 Å². The molecule has 3 heterocycles. The number of rotatable bonds is 8. The maximum absolute atomic E-state index is 13.0. The van der Waals surface area contributed by atoms with Crippen LogP contribution < -0.4 is 5.32 Å². The average Bonchev–Trinajstić information content (AvgIpc) is 3.60. The van der Waals surface area contributed by atoms with E-state index in [1.807, 2.05) is 48.5 Å². The standard InChI is InChI=1S/C36H46F3N3O5/c1-34(2)16-27-17-35(3,21-34)22-41(27)19-28-15-30(25-10-8-24(20-43)9-11-25)47-32(46-28)26-12-6-23(7-13-26)18-40-31(44)29-5-4-14-42(29)33(45)36(37,38)39/h6-13,27-30,32,43H,4-5,14-22H2,1-3H3,(H,40,44)/t27?,28-,29+,30+,32+,35?/m1/s1. The second-order valence-electron chi connectivity index (χ2n) is 15.1. The van der Waals surface area contributed by atoms with Gasteiger partial charge in [-0.2, -0.15) is 13.2 Å². The molecule has 4 fully saturated rings. The van der Waals surface area contributed by atoms with Crippen molar-refractivity contribution < 1.29 is 37.3 Å². The average molecular weight is 658 g/mol. The SMILES string of the molecule is CC1(C)CC2CC(C)(CN2C[C@H]2C[C@@H](c3ccc(CO)cc3)O[C@@H](c3ccc(CNC(=O)[C@@H]4CCCN4C(=O)C(F)(F)F)cc3)O2)C1. The molecule has 2 unspecified atom stereocenters. The van der Waals surface area contributed by atoms with Crippen LogP contribution in [0.5, 0.6) is 0 Å². The van der Waals surface area contributed by atoms with Gasteiger partial charge in [0.15, 0.2) is 6.29 Å². The number of benzene rings is 2. The first-order chi connectivity index (χ1) is 22.2. The summed E-state index contributed by atoms with van der Waals surface area (Å²) in [5, 5.41) is 12.2. The number of amides is 2. The van der Waals surface area contributed by atoms with Crippen LogP contribution >= 0.6 is 0 Å². The molecule has 2 aromatic rings. The Kier molecular flexibility index (Phi) is 9.47. The van der Waals surface area contributed by atoms with E-state index in [9.17, 15) is 27.9 Å². The Morgan fingerprint density at radius 2 is 1.66 bits per heavy atom. The van der Waals surface area contributed by atoms with Crippen LogP contribution in [0, 0.1) is 10.8 Å². The summed E-state index contributed by atoms with van der Waals surface area (Å²) in [5.74, 6) is -2.57. The molecular formula is C36H46F3N3O5. The molecule has 0 aromatic heterocycles. The number of ether oxygens (including phenoxy) is 2. The zero-order valence-corrected chi connectivity index (χ0v) is 27.4. The highest BCUT2D eigenvalue weighted by Crippen LogP contribution is 2.53. The number of carbonyl (C=O) groups excluding carboxylic acids is 2. The molecule has 11 heteroatoms. The Labute approximate surface area is 274 Å². The van der Waals surface area contributed by atoms with Crippen LogP contribution in [-0.4, -0.2) is 70.7 Å². The van der Waals surface area contributed by atoms with Crippen LogP contribution in [0.2, 0.25) is 0 Å². The predicted octanol–water partition coefficient (Wildman–Crippen LogP) is 5.79. The smallest absolute Gasteiger partial charge is 0.392 e. The van der Waals surface area contributed by atoms with Gasteiger partial charge in [0.1, 0.15) is 6.04 Å². The van der Waals surface area contributed by atoms with Gasteiger partial charge in [0, 0.05) is 44.2 Å². The number of nitrogens with zero attached hydrogens (tertiary/aromatic N) is 2. The zero-order valence-electron chi connectivity index (χ0n) is 27.4. The van der Waals surface area contributed by atoms with E-state index in [-0.39, 0.29) is 38.3 Å². The van der Waals surface area contributed by atoms with Gasteiger partial charge in [-0.1, -0.05) is 69.3 Å². The van der Waals surface area contributed by atoms with Crippen molar-refractivity contribution in [2.45, 2.75) is 109 Å². The third kappa shape index (κ3) is 7.69. The van der Waals surface area contributed by atoms with Gasteiger partial charge in [0.25, 0.3) is 0 Å². The number of nitrogens with one attached hydrogen (secondary N) is 1. The van der Waals surface area contributed by atoms with Gasteiger partial charge < -0.3 is 24.8 Å². The number of hydrogen-bond acceptors (Lipinski definition) is 6. The van der Waals surface area contributed by atoms with Crippen molar-refractivity contribution in [1.29, 1.82) is 0 Å². The molecule has 47 heavy (non-hydrogen) atoms. The van der Waals surface area contributed by atoms with Gasteiger partial charge >= 0.3 is 12.1 Å². The fourth-order valence-electron chi connectivity index (χ4n) is 8.63. The lowest BCUT2D eigenvalue weighted by molar-refractivity contribution is -0.253. The predicted molar refractivity (Wildman–Crippen MR) is 169 cm³/mol. The van der Waals surface area contributed by atoms with Crippen molar-refractivity contribution in [2.24, 2.45) is 10.8 Å². The number of aliphatic hydroxyl groups is 1. The van der Waals surface area contributed by atoms with Crippen LogP contribution in [0.15, 0.2) is 48.5 Å². The maximum atomic E-state index is 13.0. The lowest BCUT2D eigenvalue weighted by Crippen LogP contribution is -2.50. The molecule has 2 bridgehead atoms.